The summed E-state index contributed by atoms with van der Waals surface area (Å²) >= 11 is 11.3. The Morgan fingerprint density at radius 2 is 2.70 bits per heavy atom. The van der Waals surface area contributed by atoms with Gasteiger partial charge in [-0.25, -0.2) is 0 Å². The van der Waals surface area contributed by atoms with Crippen LogP contribution < -0.4 is 5.73 Å². The van der Waals surface area contributed by atoms with Crippen LogP contribution in [0.15, 0.2) is 22.1 Å². The molecule has 0 aromatic rings. The highest BCUT2D eigenvalue weighted by atomic mass is 35.5. The standard InChI is InChI=1S/C6H8ClNS2/c7-6-2-1-5(10-6)4(8)3-9/h1,3,6,9H,2,8H2/b4-3-. The molecule has 0 saturated heterocycles. The van der Waals surface area contributed by atoms with Crippen LogP contribution in [0.2, 0.25) is 0 Å². The second-order valence-electron chi connectivity index (χ2n) is 1.92. The number of hydrogen-bond acceptors (Lipinski definition) is 3. The fraction of sp³-hybridized carbons (Fsp3) is 0.333. The molecule has 1 atom stereocenters. The number of alkyl halides is 1. The number of thiol groups is 1. The number of allylic oxidation sites excluding steroid dienone is 1. The summed E-state index contributed by atoms with van der Waals surface area (Å²) in [7, 11) is 0. The van der Waals surface area contributed by atoms with E-state index in [1.54, 1.807) is 17.2 Å². The first-order valence-electron chi connectivity index (χ1n) is 2.85. The lowest BCUT2D eigenvalue weighted by Gasteiger charge is -2.00. The summed E-state index contributed by atoms with van der Waals surface area (Å²) in [6.45, 7) is 0. The first-order valence-corrected chi connectivity index (χ1v) is 4.68. The molecule has 56 valence electrons. The highest BCUT2D eigenvalue weighted by molar-refractivity contribution is 8.05. The Hall–Kier alpha value is 0.270. The van der Waals surface area contributed by atoms with Crippen LogP contribution in [0.5, 0.6) is 0 Å². The van der Waals surface area contributed by atoms with Gasteiger partial charge in [-0.2, -0.15) is 0 Å². The molecule has 1 nitrogen and oxygen atoms in total. The zero-order valence-electron chi connectivity index (χ0n) is 5.25. The molecule has 0 aromatic heterocycles. The molecule has 1 rings (SSSR count). The van der Waals surface area contributed by atoms with Crippen molar-refractivity contribution in [1.29, 1.82) is 0 Å². The molecular weight excluding hydrogens is 186 g/mol. The molecule has 0 spiro atoms. The van der Waals surface area contributed by atoms with Crippen LogP contribution in [-0.2, 0) is 0 Å². The lowest BCUT2D eigenvalue weighted by molar-refractivity contribution is 1.19. The summed E-state index contributed by atoms with van der Waals surface area (Å²) in [5.74, 6) is 0. The lowest BCUT2D eigenvalue weighted by atomic mass is 10.4. The number of rotatable bonds is 1. The lowest BCUT2D eigenvalue weighted by Crippen LogP contribution is -1.95. The Balaban J connectivity index is 2.60. The minimum Gasteiger partial charge on any atom is -0.397 e. The number of nitrogens with two attached hydrogens (primary N) is 1. The van der Waals surface area contributed by atoms with E-state index < -0.39 is 0 Å². The van der Waals surface area contributed by atoms with Gasteiger partial charge < -0.3 is 5.73 Å². The molecule has 2 N–H and O–H groups in total. The molecule has 0 saturated carbocycles. The van der Waals surface area contributed by atoms with Crippen molar-refractivity contribution >= 4 is 36.0 Å². The SMILES string of the molecule is N/C(=C\S)C1=CCC(Cl)S1. The van der Waals surface area contributed by atoms with Crippen molar-refractivity contribution < 1.29 is 0 Å². The quantitative estimate of drug-likeness (QED) is 0.494. The van der Waals surface area contributed by atoms with Crippen molar-refractivity contribution in [3.05, 3.63) is 22.1 Å². The molecule has 1 heterocycles. The van der Waals surface area contributed by atoms with Crippen molar-refractivity contribution in [3.8, 4) is 0 Å². The van der Waals surface area contributed by atoms with E-state index in [1.165, 1.54) is 0 Å². The van der Waals surface area contributed by atoms with Crippen LogP contribution in [0.4, 0.5) is 0 Å². The van der Waals surface area contributed by atoms with E-state index in [0.29, 0.717) is 5.70 Å². The maximum Gasteiger partial charge on any atom is 0.0871 e. The van der Waals surface area contributed by atoms with E-state index in [-0.39, 0.29) is 4.71 Å². The third-order valence-electron chi connectivity index (χ3n) is 1.17. The molecule has 0 aliphatic carbocycles. The number of halogens is 1. The second kappa shape index (κ2) is 3.60. The largest absolute Gasteiger partial charge is 0.397 e. The first-order chi connectivity index (χ1) is 4.74. The van der Waals surface area contributed by atoms with Gasteiger partial charge in [0.25, 0.3) is 0 Å². The normalized spacial score (nSPS) is 26.8. The topological polar surface area (TPSA) is 26.0 Å². The molecule has 4 heteroatoms. The smallest absolute Gasteiger partial charge is 0.0871 e. The van der Waals surface area contributed by atoms with Crippen LogP contribution in [0.1, 0.15) is 6.42 Å². The Kier molecular flexibility index (Phi) is 3.01. The fourth-order valence-corrected chi connectivity index (χ4v) is 2.14. The van der Waals surface area contributed by atoms with Gasteiger partial charge >= 0.3 is 0 Å². The van der Waals surface area contributed by atoms with E-state index in [9.17, 15) is 0 Å². The van der Waals surface area contributed by atoms with Crippen LogP contribution in [0.25, 0.3) is 0 Å². The van der Waals surface area contributed by atoms with Crippen LogP contribution in [0.3, 0.4) is 0 Å². The number of hydrogen-bond donors (Lipinski definition) is 2. The van der Waals surface area contributed by atoms with Gasteiger partial charge in [-0.05, 0) is 11.8 Å². The number of thioether (sulfide) groups is 1. The second-order valence-corrected chi connectivity index (χ2v) is 4.20. The van der Waals surface area contributed by atoms with Gasteiger partial charge in [0.05, 0.1) is 10.4 Å². The molecule has 0 fully saturated rings. The van der Waals surface area contributed by atoms with Gasteiger partial charge in [-0.1, -0.05) is 6.08 Å². The van der Waals surface area contributed by atoms with Gasteiger partial charge in [0.15, 0.2) is 0 Å². The van der Waals surface area contributed by atoms with E-state index in [1.807, 2.05) is 6.08 Å². The molecule has 1 aliphatic heterocycles. The van der Waals surface area contributed by atoms with Gasteiger partial charge in [-0.3, -0.25) is 0 Å². The maximum absolute atomic E-state index is 5.81. The summed E-state index contributed by atoms with van der Waals surface area (Å²) in [6.07, 6.45) is 2.92. The minimum absolute atomic E-state index is 0.154. The average molecular weight is 194 g/mol. The van der Waals surface area contributed by atoms with Gasteiger partial charge in [0, 0.05) is 4.91 Å². The van der Waals surface area contributed by atoms with Gasteiger partial charge in [-0.15, -0.1) is 36.0 Å². The molecule has 1 unspecified atom stereocenters. The first kappa shape index (κ1) is 8.37. The monoisotopic (exact) mass is 193 g/mol. The van der Waals surface area contributed by atoms with Crippen LogP contribution >= 0.6 is 36.0 Å². The summed E-state index contributed by atoms with van der Waals surface area (Å²) in [5.41, 5.74) is 6.28. The summed E-state index contributed by atoms with van der Waals surface area (Å²) < 4.78 is 0.154. The van der Waals surface area contributed by atoms with Crippen LogP contribution in [0, 0.1) is 0 Å². The van der Waals surface area contributed by atoms with Crippen molar-refractivity contribution in [3.63, 3.8) is 0 Å². The van der Waals surface area contributed by atoms with E-state index in [0.717, 1.165) is 11.3 Å². The molecular formula is C6H8ClNS2. The molecule has 10 heavy (non-hydrogen) atoms. The maximum atomic E-state index is 5.81. The Morgan fingerprint density at radius 1 is 2.00 bits per heavy atom. The van der Waals surface area contributed by atoms with Crippen molar-refractivity contribution in [2.75, 3.05) is 0 Å². The van der Waals surface area contributed by atoms with Crippen molar-refractivity contribution in [2.45, 2.75) is 11.1 Å². The summed E-state index contributed by atoms with van der Waals surface area (Å²) in [4.78, 5) is 1.05. The van der Waals surface area contributed by atoms with E-state index in [2.05, 4.69) is 12.6 Å². The minimum atomic E-state index is 0.154. The third-order valence-corrected chi connectivity index (χ3v) is 3.00. The molecule has 0 radical (unpaired) electrons. The third kappa shape index (κ3) is 1.87. The van der Waals surface area contributed by atoms with Crippen molar-refractivity contribution in [1.82, 2.24) is 0 Å². The molecule has 1 aliphatic rings. The summed E-state index contributed by atoms with van der Waals surface area (Å²) in [5, 5.41) is 1.59. The molecule has 0 bridgehead atoms. The Morgan fingerprint density at radius 3 is 3.10 bits per heavy atom. The molecule has 0 amide bonds. The zero-order valence-corrected chi connectivity index (χ0v) is 7.72. The van der Waals surface area contributed by atoms with E-state index in [4.69, 9.17) is 17.3 Å². The highest BCUT2D eigenvalue weighted by Crippen LogP contribution is 2.37. The highest BCUT2D eigenvalue weighted by Gasteiger charge is 2.15. The fourth-order valence-electron chi connectivity index (χ4n) is 0.683. The zero-order chi connectivity index (χ0) is 7.56. The molecule has 0 aromatic carbocycles. The average Bonchev–Trinajstić information content (AvgIpc) is 2.34. The Labute approximate surface area is 75.1 Å². The Bertz CT molecular complexity index is 188. The van der Waals surface area contributed by atoms with Gasteiger partial charge in [0.2, 0.25) is 0 Å². The van der Waals surface area contributed by atoms with Crippen LogP contribution in [-0.4, -0.2) is 4.71 Å². The predicted molar refractivity (Wildman–Crippen MR) is 51.2 cm³/mol. The van der Waals surface area contributed by atoms with Crippen molar-refractivity contribution in [2.24, 2.45) is 5.73 Å². The van der Waals surface area contributed by atoms with E-state index >= 15 is 0 Å². The van der Waals surface area contributed by atoms with Gasteiger partial charge in [0.1, 0.15) is 0 Å². The summed E-state index contributed by atoms with van der Waals surface area (Å²) in [6, 6.07) is 0. The predicted octanol–water partition coefficient (Wildman–Crippen LogP) is 2.30.